The van der Waals surface area contributed by atoms with Crippen molar-refractivity contribution >= 4 is 16.5 Å². The van der Waals surface area contributed by atoms with Gasteiger partial charge in [0.15, 0.2) is 0 Å². The van der Waals surface area contributed by atoms with Crippen molar-refractivity contribution in [3.63, 3.8) is 0 Å². The molecule has 0 aliphatic carbocycles. The molecule has 1 aromatic rings. The van der Waals surface area contributed by atoms with Crippen molar-refractivity contribution in [3.8, 4) is 0 Å². The summed E-state index contributed by atoms with van der Waals surface area (Å²) in [6, 6.07) is 0.206. The zero-order chi connectivity index (χ0) is 13.2. The number of anilines is 1. The predicted molar refractivity (Wildman–Crippen MR) is 63.8 cm³/mol. The Morgan fingerprint density at radius 3 is 2.72 bits per heavy atom. The summed E-state index contributed by atoms with van der Waals surface area (Å²) < 4.78 is 37.5. The molecule has 1 aliphatic heterocycles. The van der Waals surface area contributed by atoms with Crippen LogP contribution in [0.1, 0.15) is 24.8 Å². The number of hydrogen-bond acceptors (Lipinski definition) is 5. The third-order valence-corrected chi connectivity index (χ3v) is 3.96. The lowest BCUT2D eigenvalue weighted by atomic mass is 10.1. The summed E-state index contributed by atoms with van der Waals surface area (Å²) in [5, 5.41) is 9.64. The van der Waals surface area contributed by atoms with E-state index in [0.29, 0.717) is 23.0 Å². The molecule has 1 fully saturated rings. The molecule has 18 heavy (non-hydrogen) atoms. The number of halogens is 3. The Morgan fingerprint density at radius 2 is 2.22 bits per heavy atom. The summed E-state index contributed by atoms with van der Waals surface area (Å²) in [5.41, 5.74) is 0. The Morgan fingerprint density at radius 1 is 1.44 bits per heavy atom. The highest BCUT2D eigenvalue weighted by molar-refractivity contribution is 7.15. The van der Waals surface area contributed by atoms with Crippen LogP contribution in [0, 0.1) is 0 Å². The van der Waals surface area contributed by atoms with Gasteiger partial charge in [-0.05, 0) is 26.3 Å². The van der Waals surface area contributed by atoms with Crippen LogP contribution in [0.2, 0.25) is 0 Å². The van der Waals surface area contributed by atoms with E-state index >= 15 is 0 Å². The first kappa shape index (κ1) is 13.5. The molecule has 1 saturated heterocycles. The van der Waals surface area contributed by atoms with Crippen molar-refractivity contribution in [1.29, 1.82) is 0 Å². The van der Waals surface area contributed by atoms with Gasteiger partial charge in [0.05, 0.1) is 0 Å². The van der Waals surface area contributed by atoms with Gasteiger partial charge >= 0.3 is 6.18 Å². The van der Waals surface area contributed by atoms with Gasteiger partial charge in [0.25, 0.3) is 0 Å². The first-order valence-electron chi connectivity index (χ1n) is 5.90. The summed E-state index contributed by atoms with van der Waals surface area (Å²) >= 11 is 0.617. The highest BCUT2D eigenvalue weighted by Gasteiger charge is 2.36. The maximum atomic E-state index is 12.5. The monoisotopic (exact) mass is 280 g/mol. The number of nitrogens with one attached hydrogen (secondary N) is 1. The summed E-state index contributed by atoms with van der Waals surface area (Å²) in [4.78, 5) is 1.90. The molecular weight excluding hydrogens is 265 g/mol. The molecular formula is C10H15F3N4S. The quantitative estimate of drug-likeness (QED) is 0.921. The molecule has 0 bridgehead atoms. The molecule has 2 heterocycles. The predicted octanol–water partition coefficient (Wildman–Crippen LogP) is 2.14. The van der Waals surface area contributed by atoms with Crippen LogP contribution in [0.25, 0.3) is 0 Å². The van der Waals surface area contributed by atoms with Gasteiger partial charge in [-0.25, -0.2) is 0 Å². The lowest BCUT2D eigenvalue weighted by Gasteiger charge is -2.33. The van der Waals surface area contributed by atoms with E-state index in [4.69, 9.17) is 0 Å². The Bertz CT molecular complexity index is 387. The van der Waals surface area contributed by atoms with Crippen molar-refractivity contribution in [1.82, 2.24) is 15.5 Å². The molecule has 1 atom stereocenters. The van der Waals surface area contributed by atoms with E-state index in [1.807, 2.05) is 11.8 Å². The zero-order valence-corrected chi connectivity index (χ0v) is 10.8. The number of aromatic nitrogens is 2. The van der Waals surface area contributed by atoms with Gasteiger partial charge in [0, 0.05) is 19.1 Å². The lowest BCUT2D eigenvalue weighted by Crippen LogP contribution is -2.46. The fourth-order valence-corrected chi connectivity index (χ4v) is 2.94. The zero-order valence-electron chi connectivity index (χ0n) is 10.00. The smallest absolute Gasteiger partial charge is 0.343 e. The second kappa shape index (κ2) is 5.40. The molecule has 8 heteroatoms. The standard InChI is InChI=1S/C10H15F3N4S/c1-2-17(7-4-3-5-14-6-7)9-16-15-8(18-9)10(11,12)13/h7,14H,2-6H2,1H3. The van der Waals surface area contributed by atoms with Crippen molar-refractivity contribution < 1.29 is 13.2 Å². The van der Waals surface area contributed by atoms with E-state index in [1.54, 1.807) is 0 Å². The fraction of sp³-hybridized carbons (Fsp3) is 0.800. The Kier molecular flexibility index (Phi) is 4.06. The molecule has 0 aromatic carbocycles. The van der Waals surface area contributed by atoms with Crippen LogP contribution in [-0.2, 0) is 6.18 Å². The number of likely N-dealkylation sites (N-methyl/N-ethyl adjacent to an activating group) is 1. The van der Waals surface area contributed by atoms with Gasteiger partial charge in [0.2, 0.25) is 10.1 Å². The van der Waals surface area contributed by atoms with Crippen LogP contribution in [0.4, 0.5) is 18.3 Å². The summed E-state index contributed by atoms with van der Waals surface area (Å²) in [5.74, 6) is 0. The van der Waals surface area contributed by atoms with Crippen molar-refractivity contribution in [2.75, 3.05) is 24.5 Å². The van der Waals surface area contributed by atoms with Crippen LogP contribution in [-0.4, -0.2) is 35.9 Å². The van der Waals surface area contributed by atoms with Crippen LogP contribution >= 0.6 is 11.3 Å². The molecule has 0 radical (unpaired) electrons. The van der Waals surface area contributed by atoms with E-state index in [0.717, 1.165) is 25.9 Å². The first-order chi connectivity index (χ1) is 8.52. The summed E-state index contributed by atoms with van der Waals surface area (Å²) in [6.45, 7) is 4.31. The lowest BCUT2D eigenvalue weighted by molar-refractivity contribution is -0.138. The van der Waals surface area contributed by atoms with Gasteiger partial charge in [-0.15, -0.1) is 10.2 Å². The Labute approximate surface area is 107 Å². The maximum absolute atomic E-state index is 12.5. The fourth-order valence-electron chi connectivity index (χ4n) is 2.10. The number of alkyl halides is 3. The van der Waals surface area contributed by atoms with Crippen LogP contribution in [0.3, 0.4) is 0 Å². The van der Waals surface area contributed by atoms with Crippen LogP contribution in [0.15, 0.2) is 0 Å². The Balaban J connectivity index is 2.14. The van der Waals surface area contributed by atoms with Crippen LogP contribution in [0.5, 0.6) is 0 Å². The minimum atomic E-state index is -4.40. The van der Waals surface area contributed by atoms with Crippen LogP contribution < -0.4 is 10.2 Å². The van der Waals surface area contributed by atoms with E-state index in [-0.39, 0.29) is 6.04 Å². The van der Waals surface area contributed by atoms with E-state index in [1.165, 1.54) is 0 Å². The largest absolute Gasteiger partial charge is 0.445 e. The number of piperidine rings is 1. The molecule has 1 N–H and O–H groups in total. The Hall–Kier alpha value is -0.890. The molecule has 0 spiro atoms. The second-order valence-electron chi connectivity index (χ2n) is 4.17. The van der Waals surface area contributed by atoms with Gasteiger partial charge in [-0.3, -0.25) is 0 Å². The van der Waals surface area contributed by atoms with E-state index in [9.17, 15) is 13.2 Å². The topological polar surface area (TPSA) is 41.1 Å². The van der Waals surface area contributed by atoms with Gasteiger partial charge in [-0.1, -0.05) is 11.3 Å². The molecule has 0 amide bonds. The molecule has 4 nitrogen and oxygen atoms in total. The number of hydrogen-bond donors (Lipinski definition) is 1. The molecule has 1 unspecified atom stereocenters. The minimum absolute atomic E-state index is 0.206. The normalized spacial score (nSPS) is 21.0. The van der Waals surface area contributed by atoms with E-state index < -0.39 is 11.2 Å². The summed E-state index contributed by atoms with van der Waals surface area (Å²) in [7, 11) is 0. The maximum Gasteiger partial charge on any atom is 0.445 e. The summed E-state index contributed by atoms with van der Waals surface area (Å²) in [6.07, 6.45) is -2.39. The first-order valence-corrected chi connectivity index (χ1v) is 6.72. The second-order valence-corrected chi connectivity index (χ2v) is 5.13. The average molecular weight is 280 g/mol. The van der Waals surface area contributed by atoms with Gasteiger partial charge in [0.1, 0.15) is 0 Å². The highest BCUT2D eigenvalue weighted by Crippen LogP contribution is 2.35. The van der Waals surface area contributed by atoms with Gasteiger partial charge < -0.3 is 10.2 Å². The average Bonchev–Trinajstić information content (AvgIpc) is 2.81. The molecule has 1 aromatic heterocycles. The van der Waals surface area contributed by atoms with Crippen molar-refractivity contribution in [3.05, 3.63) is 5.01 Å². The van der Waals surface area contributed by atoms with Crippen molar-refractivity contribution in [2.24, 2.45) is 0 Å². The third-order valence-electron chi connectivity index (χ3n) is 2.95. The SMILES string of the molecule is CCN(c1nnc(C(F)(F)F)s1)C1CCCNC1. The highest BCUT2D eigenvalue weighted by atomic mass is 32.1. The van der Waals surface area contributed by atoms with E-state index in [2.05, 4.69) is 15.5 Å². The minimum Gasteiger partial charge on any atom is -0.343 e. The third kappa shape index (κ3) is 2.92. The van der Waals surface area contributed by atoms with Crippen molar-refractivity contribution in [2.45, 2.75) is 32.0 Å². The number of rotatable bonds is 3. The molecule has 102 valence electrons. The number of nitrogens with zero attached hydrogens (tertiary/aromatic N) is 3. The van der Waals surface area contributed by atoms with Gasteiger partial charge in [-0.2, -0.15) is 13.2 Å². The molecule has 2 rings (SSSR count). The molecule has 1 aliphatic rings. The molecule has 0 saturated carbocycles.